The number of hydrazine groups is 1. The third kappa shape index (κ3) is 5.25. The lowest BCUT2D eigenvalue weighted by Crippen LogP contribution is -2.29. The van der Waals surface area contributed by atoms with Crippen molar-refractivity contribution < 1.29 is 21.9 Å². The fourth-order valence-corrected chi connectivity index (χ4v) is 2.87. The number of nitrogens with zero attached hydrogens (tertiary/aromatic N) is 1. The number of halogens is 3. The number of hydrogen-bond acceptors (Lipinski definition) is 6. The van der Waals surface area contributed by atoms with Crippen LogP contribution in [0.4, 0.5) is 14.6 Å². The number of alkyl halides is 2. The van der Waals surface area contributed by atoms with Gasteiger partial charge in [-0.25, -0.2) is 32.7 Å². The van der Waals surface area contributed by atoms with Crippen LogP contribution in [0.15, 0.2) is 21.6 Å². The molecule has 0 saturated heterocycles. The first-order chi connectivity index (χ1) is 9.36. The van der Waals surface area contributed by atoms with E-state index in [-0.39, 0.29) is 23.9 Å². The molecular formula is C9H13BrF2N4O3S. The molecule has 0 aromatic carbocycles. The number of ether oxygens (including phenoxy) is 1. The summed E-state index contributed by atoms with van der Waals surface area (Å²) in [5.41, 5.74) is 2.16. The summed E-state index contributed by atoms with van der Waals surface area (Å²) >= 11 is 3.10. The summed E-state index contributed by atoms with van der Waals surface area (Å²) in [5.74, 6) is 5.15. The fraction of sp³-hybridized carbons (Fsp3) is 0.444. The summed E-state index contributed by atoms with van der Waals surface area (Å²) in [5, 5.41) is 0. The van der Waals surface area contributed by atoms with Gasteiger partial charge >= 0.3 is 0 Å². The standard InChI is InChI=1S/C9H13BrF2N4O3S/c10-6-3-7(9(16-13)14-4-6)20(17,18)15-1-2-19-5-8(11)12/h3-4,8,15H,1-2,5,13H2,(H,14,16). The number of rotatable bonds is 8. The van der Waals surface area contributed by atoms with E-state index in [9.17, 15) is 17.2 Å². The average molecular weight is 375 g/mol. The summed E-state index contributed by atoms with van der Waals surface area (Å²) in [6, 6.07) is 1.31. The van der Waals surface area contributed by atoms with Crippen molar-refractivity contribution in [3.05, 3.63) is 16.7 Å². The quantitative estimate of drug-likeness (QED) is 0.351. The molecule has 0 unspecified atom stereocenters. The molecular weight excluding hydrogens is 362 g/mol. The summed E-state index contributed by atoms with van der Waals surface area (Å²) < 4.78 is 54.8. The molecule has 0 bridgehead atoms. The van der Waals surface area contributed by atoms with Gasteiger partial charge in [0.05, 0.1) is 6.61 Å². The molecule has 4 N–H and O–H groups in total. The zero-order valence-corrected chi connectivity index (χ0v) is 12.5. The zero-order valence-electron chi connectivity index (χ0n) is 10.1. The smallest absolute Gasteiger partial charge is 0.261 e. The Morgan fingerprint density at radius 2 is 2.20 bits per heavy atom. The number of nitrogens with two attached hydrogens (primary N) is 1. The third-order valence-electron chi connectivity index (χ3n) is 2.03. The minimum atomic E-state index is -3.88. The van der Waals surface area contributed by atoms with Gasteiger partial charge in [-0.3, -0.25) is 0 Å². The highest BCUT2D eigenvalue weighted by Crippen LogP contribution is 2.21. The summed E-state index contributed by atoms with van der Waals surface area (Å²) in [6.07, 6.45) is -1.21. The normalized spacial score (nSPS) is 11.8. The van der Waals surface area contributed by atoms with Crippen LogP contribution in [0.25, 0.3) is 0 Å². The lowest BCUT2D eigenvalue weighted by molar-refractivity contribution is 0.0199. The Balaban J connectivity index is 2.67. The van der Waals surface area contributed by atoms with Crippen molar-refractivity contribution in [2.45, 2.75) is 11.3 Å². The van der Waals surface area contributed by atoms with Crippen LogP contribution in [0, 0.1) is 0 Å². The number of anilines is 1. The number of pyridine rings is 1. The third-order valence-corrected chi connectivity index (χ3v) is 3.94. The Morgan fingerprint density at radius 3 is 2.80 bits per heavy atom. The Labute approximate surface area is 123 Å². The van der Waals surface area contributed by atoms with Crippen molar-refractivity contribution in [1.29, 1.82) is 0 Å². The monoisotopic (exact) mass is 374 g/mol. The minimum Gasteiger partial charge on any atom is -0.374 e. The maximum Gasteiger partial charge on any atom is 0.261 e. The van der Waals surface area contributed by atoms with Crippen molar-refractivity contribution in [3.8, 4) is 0 Å². The van der Waals surface area contributed by atoms with Crippen molar-refractivity contribution in [3.63, 3.8) is 0 Å². The molecule has 0 amide bonds. The van der Waals surface area contributed by atoms with Gasteiger partial charge in [-0.1, -0.05) is 0 Å². The van der Waals surface area contributed by atoms with E-state index in [1.165, 1.54) is 12.3 Å². The molecule has 1 aromatic heterocycles. The van der Waals surface area contributed by atoms with Crippen LogP contribution in [0.1, 0.15) is 0 Å². The van der Waals surface area contributed by atoms with E-state index in [0.717, 1.165) is 0 Å². The first-order valence-electron chi connectivity index (χ1n) is 5.34. The maximum absolute atomic E-state index is 12.0. The van der Waals surface area contributed by atoms with Gasteiger partial charge in [-0.05, 0) is 22.0 Å². The van der Waals surface area contributed by atoms with E-state index in [2.05, 4.69) is 35.8 Å². The van der Waals surface area contributed by atoms with Gasteiger partial charge in [0.1, 0.15) is 11.5 Å². The average Bonchev–Trinajstić information content (AvgIpc) is 2.37. The molecule has 0 radical (unpaired) electrons. The van der Waals surface area contributed by atoms with E-state index in [4.69, 9.17) is 5.84 Å². The zero-order chi connectivity index (χ0) is 15.2. The molecule has 1 aromatic rings. The molecule has 0 aliphatic heterocycles. The summed E-state index contributed by atoms with van der Waals surface area (Å²) in [6.45, 7) is -1.06. The van der Waals surface area contributed by atoms with Crippen molar-refractivity contribution in [2.24, 2.45) is 5.84 Å². The Hall–Kier alpha value is -0.880. The SMILES string of the molecule is NNc1ncc(Br)cc1S(=O)(=O)NCCOCC(F)F. The Morgan fingerprint density at radius 1 is 1.50 bits per heavy atom. The highest BCUT2D eigenvalue weighted by Gasteiger charge is 2.19. The number of sulfonamides is 1. The maximum atomic E-state index is 12.0. The van der Waals surface area contributed by atoms with Crippen LogP contribution in [-0.2, 0) is 14.8 Å². The molecule has 0 saturated carbocycles. The molecule has 0 aliphatic rings. The number of hydrogen-bond donors (Lipinski definition) is 3. The van der Waals surface area contributed by atoms with Gasteiger partial charge in [0.25, 0.3) is 6.43 Å². The second-order valence-corrected chi connectivity index (χ2v) is 6.16. The van der Waals surface area contributed by atoms with Crippen LogP contribution in [0.3, 0.4) is 0 Å². The second-order valence-electron chi connectivity index (χ2n) is 3.51. The van der Waals surface area contributed by atoms with Gasteiger partial charge in [0.15, 0.2) is 5.82 Å². The molecule has 0 spiro atoms. The van der Waals surface area contributed by atoms with Crippen LogP contribution >= 0.6 is 15.9 Å². The van der Waals surface area contributed by atoms with Crippen LogP contribution in [-0.4, -0.2) is 39.6 Å². The predicted molar refractivity (Wildman–Crippen MR) is 71.8 cm³/mol. The van der Waals surface area contributed by atoms with Crippen LogP contribution in [0.2, 0.25) is 0 Å². The first-order valence-corrected chi connectivity index (χ1v) is 7.62. The Bertz CT molecular complexity index is 544. The summed E-state index contributed by atoms with van der Waals surface area (Å²) in [4.78, 5) is 3.63. The lowest BCUT2D eigenvalue weighted by atomic mass is 10.5. The molecule has 7 nitrogen and oxygen atoms in total. The second kappa shape index (κ2) is 7.78. The van der Waals surface area contributed by atoms with E-state index >= 15 is 0 Å². The van der Waals surface area contributed by atoms with Crippen LogP contribution < -0.4 is 16.0 Å². The first kappa shape index (κ1) is 17.2. The minimum absolute atomic E-state index is 0.0331. The van der Waals surface area contributed by atoms with Gasteiger partial charge < -0.3 is 10.2 Å². The molecule has 11 heteroatoms. The van der Waals surface area contributed by atoms with Crippen molar-refractivity contribution in [1.82, 2.24) is 9.71 Å². The van der Waals surface area contributed by atoms with Crippen molar-refractivity contribution in [2.75, 3.05) is 25.2 Å². The van der Waals surface area contributed by atoms with E-state index in [1.54, 1.807) is 0 Å². The summed E-state index contributed by atoms with van der Waals surface area (Å²) in [7, 11) is -3.88. The van der Waals surface area contributed by atoms with Crippen molar-refractivity contribution >= 4 is 31.8 Å². The number of nitrogen functional groups attached to an aromatic ring is 1. The topological polar surface area (TPSA) is 106 Å². The van der Waals surface area contributed by atoms with Crippen LogP contribution in [0.5, 0.6) is 0 Å². The molecule has 0 atom stereocenters. The van der Waals surface area contributed by atoms with Gasteiger partial charge in [0, 0.05) is 17.2 Å². The van der Waals surface area contributed by atoms with Gasteiger partial charge in [-0.2, -0.15) is 0 Å². The predicted octanol–water partition coefficient (Wildman–Crippen LogP) is 0.690. The van der Waals surface area contributed by atoms with E-state index < -0.39 is 23.1 Å². The van der Waals surface area contributed by atoms with E-state index in [0.29, 0.717) is 4.47 Å². The highest BCUT2D eigenvalue weighted by atomic mass is 79.9. The molecule has 1 heterocycles. The largest absolute Gasteiger partial charge is 0.374 e. The van der Waals surface area contributed by atoms with Gasteiger partial charge in [-0.15, -0.1) is 0 Å². The molecule has 0 aliphatic carbocycles. The lowest BCUT2D eigenvalue weighted by Gasteiger charge is -2.10. The fourth-order valence-electron chi connectivity index (χ4n) is 1.23. The molecule has 114 valence electrons. The molecule has 20 heavy (non-hydrogen) atoms. The highest BCUT2D eigenvalue weighted by molar-refractivity contribution is 9.10. The van der Waals surface area contributed by atoms with E-state index in [1.807, 2.05) is 0 Å². The number of aromatic nitrogens is 1. The molecule has 0 fully saturated rings. The molecule has 1 rings (SSSR count). The number of nitrogens with one attached hydrogen (secondary N) is 2. The Kier molecular flexibility index (Phi) is 6.68. The van der Waals surface area contributed by atoms with Gasteiger partial charge in [0.2, 0.25) is 10.0 Å².